The molecule has 1 aromatic carbocycles. The second-order valence-electron chi connectivity index (χ2n) is 12.7. The van der Waals surface area contributed by atoms with Gasteiger partial charge < -0.3 is 0 Å². The molecule has 0 bridgehead atoms. The lowest BCUT2D eigenvalue weighted by Gasteiger charge is -2.45. The molecule has 0 nitrogen and oxygen atoms in total. The number of fused-ring (bicyclic) bond motifs is 1. The third kappa shape index (κ3) is 7.44. The molecule has 0 heterocycles. The van der Waals surface area contributed by atoms with Crippen molar-refractivity contribution in [3.05, 3.63) is 47.0 Å². The average Bonchev–Trinajstić information content (AvgIpc) is 2.90. The first-order valence-corrected chi connectivity index (χ1v) is 15.7. The Morgan fingerprint density at radius 3 is 2.06 bits per heavy atom. The lowest BCUT2D eigenvalue weighted by molar-refractivity contribution is 0.0613. The first-order valence-electron chi connectivity index (χ1n) is 15.7. The zero-order valence-electron chi connectivity index (χ0n) is 23.3. The summed E-state index contributed by atoms with van der Waals surface area (Å²) in [5.41, 5.74) is 1.16. The Balaban J connectivity index is 1.21. The van der Waals surface area contributed by atoms with E-state index in [4.69, 9.17) is 0 Å². The predicted molar refractivity (Wildman–Crippen MR) is 149 cm³/mol. The van der Waals surface area contributed by atoms with Crippen LogP contribution in [0.5, 0.6) is 0 Å². The summed E-state index contributed by atoms with van der Waals surface area (Å²) in [6, 6.07) is 3.29. The van der Waals surface area contributed by atoms with Crippen LogP contribution in [-0.4, -0.2) is 0 Å². The molecule has 4 rings (SSSR count). The van der Waals surface area contributed by atoms with E-state index in [1.54, 1.807) is 12.1 Å². The highest BCUT2D eigenvalue weighted by atomic mass is 19.1. The number of unbranched alkanes of at least 4 members (excludes halogenated alkanes) is 4. The van der Waals surface area contributed by atoms with E-state index in [2.05, 4.69) is 6.92 Å². The van der Waals surface area contributed by atoms with Crippen molar-refractivity contribution >= 4 is 0 Å². The van der Waals surface area contributed by atoms with Crippen LogP contribution < -0.4 is 0 Å². The number of benzene rings is 1. The summed E-state index contributed by atoms with van der Waals surface area (Å²) < 4.78 is 29.4. The first kappa shape index (κ1) is 27.8. The van der Waals surface area contributed by atoms with Crippen LogP contribution in [0.15, 0.2) is 24.3 Å². The van der Waals surface area contributed by atoms with Gasteiger partial charge >= 0.3 is 0 Å². The van der Waals surface area contributed by atoms with Crippen molar-refractivity contribution in [2.75, 3.05) is 0 Å². The summed E-state index contributed by atoms with van der Waals surface area (Å²) in [7, 11) is 0. The van der Waals surface area contributed by atoms with E-state index in [0.717, 1.165) is 48.0 Å². The fourth-order valence-electron chi connectivity index (χ4n) is 8.17. The normalized spacial score (nSPS) is 31.0. The molecule has 3 aliphatic carbocycles. The van der Waals surface area contributed by atoms with Gasteiger partial charge in [0.05, 0.1) is 0 Å². The highest BCUT2D eigenvalue weighted by Crippen LogP contribution is 2.50. The van der Waals surface area contributed by atoms with Crippen molar-refractivity contribution in [2.45, 2.75) is 135 Å². The smallest absolute Gasteiger partial charge is 0.129 e. The second-order valence-corrected chi connectivity index (χ2v) is 12.7. The van der Waals surface area contributed by atoms with Gasteiger partial charge in [0.15, 0.2) is 0 Å². The Labute approximate surface area is 220 Å². The summed E-state index contributed by atoms with van der Waals surface area (Å²) in [6.45, 7) is 4.25. The minimum absolute atomic E-state index is 0.258. The SMILES string of the molecule is C/C=C/CCc1c(F)cc(C2CCC(C3CCC4CC(CCCCCCC)CCC4C3)CC2)cc1F. The van der Waals surface area contributed by atoms with Gasteiger partial charge in [-0.25, -0.2) is 8.78 Å². The second kappa shape index (κ2) is 14.1. The van der Waals surface area contributed by atoms with Gasteiger partial charge in [-0.05, 0) is 131 Å². The lowest BCUT2D eigenvalue weighted by atomic mass is 9.60. The minimum atomic E-state index is -0.341. The summed E-state index contributed by atoms with van der Waals surface area (Å²) >= 11 is 0. The molecular weight excluding hydrogens is 446 g/mol. The maximum atomic E-state index is 14.7. The van der Waals surface area contributed by atoms with Crippen molar-refractivity contribution in [1.29, 1.82) is 0 Å². The van der Waals surface area contributed by atoms with Crippen molar-refractivity contribution in [2.24, 2.45) is 29.6 Å². The molecule has 2 heteroatoms. The molecule has 0 radical (unpaired) electrons. The van der Waals surface area contributed by atoms with Crippen LogP contribution in [0, 0.1) is 41.2 Å². The number of halogens is 2. The molecule has 0 aliphatic heterocycles. The quantitative estimate of drug-likeness (QED) is 0.210. The number of hydrogen-bond donors (Lipinski definition) is 0. The molecule has 36 heavy (non-hydrogen) atoms. The zero-order chi connectivity index (χ0) is 25.3. The van der Waals surface area contributed by atoms with Gasteiger partial charge in [-0.1, -0.05) is 64.0 Å². The van der Waals surface area contributed by atoms with Crippen molar-refractivity contribution in [3.63, 3.8) is 0 Å². The van der Waals surface area contributed by atoms with Gasteiger partial charge in [-0.15, -0.1) is 0 Å². The van der Waals surface area contributed by atoms with Crippen molar-refractivity contribution in [3.8, 4) is 0 Å². The minimum Gasteiger partial charge on any atom is -0.207 e. The van der Waals surface area contributed by atoms with Crippen LogP contribution in [0.25, 0.3) is 0 Å². The monoisotopic (exact) mass is 498 g/mol. The summed E-state index contributed by atoms with van der Waals surface area (Å²) in [5.74, 6) is 4.39. The van der Waals surface area contributed by atoms with E-state index in [1.807, 2.05) is 19.1 Å². The highest BCUT2D eigenvalue weighted by Gasteiger charge is 2.38. The predicted octanol–water partition coefficient (Wildman–Crippen LogP) is 10.9. The van der Waals surface area contributed by atoms with Gasteiger partial charge in [0.2, 0.25) is 0 Å². The maximum absolute atomic E-state index is 14.7. The Kier molecular flexibility index (Phi) is 10.9. The molecule has 0 saturated heterocycles. The van der Waals surface area contributed by atoms with E-state index in [9.17, 15) is 8.78 Å². The molecule has 4 unspecified atom stereocenters. The zero-order valence-corrected chi connectivity index (χ0v) is 23.3. The number of hydrogen-bond acceptors (Lipinski definition) is 0. The average molecular weight is 499 g/mol. The molecule has 202 valence electrons. The van der Waals surface area contributed by atoms with Crippen LogP contribution in [0.2, 0.25) is 0 Å². The van der Waals surface area contributed by atoms with E-state index in [0.29, 0.717) is 18.8 Å². The molecule has 0 aromatic heterocycles. The molecule has 1 aromatic rings. The Morgan fingerprint density at radius 1 is 0.750 bits per heavy atom. The largest absolute Gasteiger partial charge is 0.207 e. The van der Waals surface area contributed by atoms with Crippen LogP contribution in [0.3, 0.4) is 0 Å². The standard InChI is InChI=1S/C34H52F2/c1-3-5-7-8-10-11-25-13-14-30-22-29(20-19-28(30)21-25)26-15-17-27(18-16-26)31-23-33(35)32(34(36)24-31)12-9-6-4-2/h4,6,23-30H,3,5,7-22H2,1-2H3/b6-4+. The Hall–Kier alpha value is -1.18. The fourth-order valence-corrected chi connectivity index (χ4v) is 8.17. The summed E-state index contributed by atoms with van der Waals surface area (Å²) in [5, 5.41) is 0. The third-order valence-electron chi connectivity index (χ3n) is 10.3. The van der Waals surface area contributed by atoms with E-state index >= 15 is 0 Å². The van der Waals surface area contributed by atoms with Gasteiger partial charge in [0.25, 0.3) is 0 Å². The molecule has 3 fully saturated rings. The van der Waals surface area contributed by atoms with Crippen LogP contribution in [-0.2, 0) is 6.42 Å². The van der Waals surface area contributed by atoms with Gasteiger partial charge in [0, 0.05) is 5.56 Å². The number of rotatable bonds is 11. The Bertz CT molecular complexity index is 795. The van der Waals surface area contributed by atoms with Gasteiger partial charge in [0.1, 0.15) is 11.6 Å². The molecule has 0 amide bonds. The molecule has 3 aliphatic rings. The van der Waals surface area contributed by atoms with E-state index < -0.39 is 0 Å². The lowest BCUT2D eigenvalue weighted by Crippen LogP contribution is -2.34. The molecule has 0 N–H and O–H groups in total. The fraction of sp³-hybridized carbons (Fsp3) is 0.765. The maximum Gasteiger partial charge on any atom is 0.129 e. The molecular formula is C34H52F2. The molecule has 3 saturated carbocycles. The summed E-state index contributed by atoms with van der Waals surface area (Å²) in [6.07, 6.45) is 27.2. The van der Waals surface area contributed by atoms with Crippen LogP contribution in [0.4, 0.5) is 8.78 Å². The van der Waals surface area contributed by atoms with Crippen LogP contribution >= 0.6 is 0 Å². The van der Waals surface area contributed by atoms with Crippen LogP contribution in [0.1, 0.15) is 140 Å². The summed E-state index contributed by atoms with van der Waals surface area (Å²) in [4.78, 5) is 0. The molecule has 4 atom stereocenters. The third-order valence-corrected chi connectivity index (χ3v) is 10.3. The van der Waals surface area contributed by atoms with Gasteiger partial charge in [-0.3, -0.25) is 0 Å². The highest BCUT2D eigenvalue weighted by molar-refractivity contribution is 5.29. The Morgan fingerprint density at radius 2 is 1.36 bits per heavy atom. The van der Waals surface area contributed by atoms with Crippen molar-refractivity contribution in [1.82, 2.24) is 0 Å². The van der Waals surface area contributed by atoms with E-state index in [-0.39, 0.29) is 17.2 Å². The number of allylic oxidation sites excluding steroid dienone is 2. The van der Waals surface area contributed by atoms with Crippen molar-refractivity contribution < 1.29 is 8.78 Å². The first-order chi connectivity index (χ1) is 17.6. The molecule has 0 spiro atoms. The topological polar surface area (TPSA) is 0 Å². The van der Waals surface area contributed by atoms with E-state index in [1.165, 1.54) is 89.9 Å². The van der Waals surface area contributed by atoms with Gasteiger partial charge in [-0.2, -0.15) is 0 Å².